The van der Waals surface area contributed by atoms with E-state index in [1.165, 1.54) is 0 Å². The Morgan fingerprint density at radius 3 is 2.80 bits per heavy atom. The molecular weight excluding hydrogens is 568 g/mol. The fourth-order valence-electron chi connectivity index (χ4n) is 7.75. The van der Waals surface area contributed by atoms with E-state index in [0.717, 1.165) is 42.1 Å². The quantitative estimate of drug-likeness (QED) is 0.333. The molecule has 0 unspecified atom stereocenters. The number of aryl methyl sites for hydroxylation is 1. The van der Waals surface area contributed by atoms with Crippen molar-refractivity contribution in [1.82, 2.24) is 19.9 Å². The van der Waals surface area contributed by atoms with Crippen molar-refractivity contribution in [2.24, 2.45) is 0 Å². The van der Waals surface area contributed by atoms with Crippen LogP contribution in [0.1, 0.15) is 31.7 Å². The zero-order valence-corrected chi connectivity index (χ0v) is 24.6. The fourth-order valence-corrected chi connectivity index (χ4v) is 7.75. The molecule has 4 aliphatic heterocycles. The third kappa shape index (κ3) is 4.64. The summed E-state index contributed by atoms with van der Waals surface area (Å²) in [6.45, 7) is 5.51. The minimum absolute atomic E-state index is 0.0274. The number of anilines is 1. The lowest BCUT2D eigenvalue weighted by Crippen LogP contribution is -2.54. The molecule has 2 aromatic heterocycles. The van der Waals surface area contributed by atoms with Crippen molar-refractivity contribution in [2.45, 2.75) is 56.5 Å². The molecule has 0 spiro atoms. The van der Waals surface area contributed by atoms with E-state index in [-0.39, 0.29) is 41.8 Å². The Morgan fingerprint density at radius 2 is 1.98 bits per heavy atom. The molecule has 4 atom stereocenters. The van der Waals surface area contributed by atoms with Gasteiger partial charge in [0.05, 0.1) is 36.3 Å². The molecule has 4 saturated heterocycles. The first-order valence-electron chi connectivity index (χ1n) is 15.5. The highest BCUT2D eigenvalue weighted by Gasteiger charge is 2.49. The van der Waals surface area contributed by atoms with E-state index in [0.29, 0.717) is 56.0 Å². The number of benzene rings is 2. The molecule has 230 valence electrons. The highest BCUT2D eigenvalue weighted by molar-refractivity contribution is 6.01. The molecule has 8 rings (SSSR count). The third-order valence-electron chi connectivity index (χ3n) is 9.70. The first kappa shape index (κ1) is 27.8. The molecule has 44 heavy (non-hydrogen) atoms. The van der Waals surface area contributed by atoms with Crippen molar-refractivity contribution in [2.75, 3.05) is 50.9 Å². The summed E-state index contributed by atoms with van der Waals surface area (Å²) in [6, 6.07) is 9.13. The van der Waals surface area contributed by atoms with E-state index in [4.69, 9.17) is 19.2 Å². The third-order valence-corrected chi connectivity index (χ3v) is 9.70. The van der Waals surface area contributed by atoms with Crippen LogP contribution >= 0.6 is 0 Å². The second-order valence-electron chi connectivity index (χ2n) is 12.6. The summed E-state index contributed by atoms with van der Waals surface area (Å²) in [5.41, 5.74) is 1.31. The van der Waals surface area contributed by atoms with Crippen LogP contribution in [0.25, 0.3) is 32.9 Å². The van der Waals surface area contributed by atoms with Crippen LogP contribution < -0.4 is 9.64 Å². The molecule has 4 aromatic rings. The zero-order chi connectivity index (χ0) is 30.0. The minimum atomic E-state index is -0.891. The maximum Gasteiger partial charge on any atom is 0.319 e. The zero-order valence-electron chi connectivity index (χ0n) is 24.6. The Morgan fingerprint density at radius 1 is 1.14 bits per heavy atom. The summed E-state index contributed by atoms with van der Waals surface area (Å²) in [4.78, 5) is 18.3. The van der Waals surface area contributed by atoms with Crippen LogP contribution in [0.2, 0.25) is 0 Å². The smallest absolute Gasteiger partial charge is 0.319 e. The number of ether oxygens (including phenoxy) is 3. The van der Waals surface area contributed by atoms with Crippen molar-refractivity contribution in [3.63, 3.8) is 0 Å². The second kappa shape index (κ2) is 10.7. The predicted octanol–water partition coefficient (Wildman–Crippen LogP) is 4.81. The molecule has 6 heterocycles. The Kier molecular flexibility index (Phi) is 6.80. The van der Waals surface area contributed by atoms with Crippen LogP contribution in [0.15, 0.2) is 36.5 Å². The molecule has 0 radical (unpaired) electrons. The average Bonchev–Trinajstić information content (AvgIpc) is 3.54. The molecule has 11 heteroatoms. The van der Waals surface area contributed by atoms with E-state index in [1.54, 1.807) is 18.3 Å². The average molecular weight is 604 g/mol. The lowest BCUT2D eigenvalue weighted by molar-refractivity contribution is -0.144. The molecule has 1 N–H and O–H groups in total. The normalized spacial score (nSPS) is 26.9. The molecule has 0 saturated carbocycles. The number of halogens is 2. The van der Waals surface area contributed by atoms with Crippen LogP contribution in [-0.2, 0) is 15.9 Å². The lowest BCUT2D eigenvalue weighted by Gasteiger charge is -2.42. The topological polar surface area (TPSA) is 93.1 Å². The van der Waals surface area contributed by atoms with Gasteiger partial charge in [0.25, 0.3) is 0 Å². The molecule has 2 bridgehead atoms. The van der Waals surface area contributed by atoms with Crippen molar-refractivity contribution in [3.8, 4) is 23.0 Å². The molecular formula is C33H35F2N5O4. The van der Waals surface area contributed by atoms with E-state index in [2.05, 4.69) is 19.8 Å². The Hall–Kier alpha value is -3.67. The van der Waals surface area contributed by atoms with Gasteiger partial charge in [-0.25, -0.2) is 8.78 Å². The van der Waals surface area contributed by atoms with Gasteiger partial charge in [-0.3, -0.25) is 9.88 Å². The number of nitrogens with zero attached hydrogens (tertiary/aromatic N) is 5. The monoisotopic (exact) mass is 603 g/mol. The largest absolute Gasteiger partial charge is 0.508 e. The predicted molar refractivity (Wildman–Crippen MR) is 162 cm³/mol. The number of hydrogen-bond acceptors (Lipinski definition) is 9. The number of alkyl halides is 1. The fraction of sp³-hybridized carbons (Fsp3) is 0.485. The van der Waals surface area contributed by atoms with Crippen molar-refractivity contribution >= 4 is 27.5 Å². The first-order chi connectivity index (χ1) is 21.4. The van der Waals surface area contributed by atoms with Gasteiger partial charge >= 0.3 is 6.01 Å². The number of hydrogen-bond donors (Lipinski definition) is 1. The summed E-state index contributed by atoms with van der Waals surface area (Å²) >= 11 is 0. The molecule has 4 aliphatic rings. The SMILES string of the molecule is CCc1cccc2cc(O)cc(-c3ncc4c(N5C[C@H]6COC[C@@H](C5)O6)nc(OC[C@@]56CCCN5C[C@H](F)C6)nc4c3F)c12. The van der Waals surface area contributed by atoms with E-state index >= 15 is 4.39 Å². The van der Waals surface area contributed by atoms with E-state index in [9.17, 15) is 9.50 Å². The van der Waals surface area contributed by atoms with Gasteiger partial charge in [-0.2, -0.15) is 9.97 Å². The van der Waals surface area contributed by atoms with Crippen molar-refractivity contribution in [3.05, 3.63) is 47.9 Å². The highest BCUT2D eigenvalue weighted by atomic mass is 19.1. The number of aromatic nitrogens is 3. The Balaban J connectivity index is 1.26. The molecule has 9 nitrogen and oxygen atoms in total. The van der Waals surface area contributed by atoms with Crippen molar-refractivity contribution < 1.29 is 28.1 Å². The number of fused-ring (bicyclic) bond motifs is 5. The Bertz CT molecular complexity index is 1750. The van der Waals surface area contributed by atoms with Gasteiger partial charge in [0.2, 0.25) is 0 Å². The van der Waals surface area contributed by atoms with Crippen LogP contribution in [0.5, 0.6) is 11.8 Å². The first-order valence-corrected chi connectivity index (χ1v) is 15.5. The summed E-state index contributed by atoms with van der Waals surface area (Å²) < 4.78 is 49.3. The van der Waals surface area contributed by atoms with Gasteiger partial charge in [0.1, 0.15) is 35.6 Å². The number of phenols is 1. The van der Waals surface area contributed by atoms with E-state index < -0.39 is 17.5 Å². The molecule has 0 aliphatic carbocycles. The Labute approximate surface area is 253 Å². The number of morpholine rings is 1. The number of pyridine rings is 1. The van der Waals surface area contributed by atoms with Gasteiger partial charge in [-0.05, 0) is 54.3 Å². The van der Waals surface area contributed by atoms with Gasteiger partial charge in [0, 0.05) is 37.8 Å². The number of rotatable bonds is 6. The summed E-state index contributed by atoms with van der Waals surface area (Å²) in [6.07, 6.45) is 3.42. The van der Waals surface area contributed by atoms with Crippen LogP contribution in [0, 0.1) is 5.82 Å². The standard InChI is InChI=1S/C33H35F2N5O4/c1-2-19-5-3-6-20-9-22(41)10-25(27(19)20)29-28(35)30-26(12-36-29)31(39-14-23-16-42-17-24(15-39)44-23)38-32(37-30)43-18-33-7-4-8-40(33)13-21(34)11-33/h3,5-6,9-10,12,21,23-24,41H,2,4,7-8,11,13-18H2,1H3/t21-,23-,24+,33+/m1/s1. The summed E-state index contributed by atoms with van der Waals surface area (Å²) in [5.74, 6) is -0.0655. The van der Waals surface area contributed by atoms with Gasteiger partial charge in [-0.1, -0.05) is 25.1 Å². The molecule has 0 amide bonds. The summed E-state index contributed by atoms with van der Waals surface area (Å²) in [7, 11) is 0. The highest BCUT2D eigenvalue weighted by Crippen LogP contribution is 2.42. The molecule has 2 aromatic carbocycles. The lowest BCUT2D eigenvalue weighted by atomic mass is 9.95. The van der Waals surface area contributed by atoms with E-state index in [1.807, 2.05) is 25.1 Å². The van der Waals surface area contributed by atoms with Gasteiger partial charge in [-0.15, -0.1) is 0 Å². The van der Waals surface area contributed by atoms with Crippen LogP contribution in [0.4, 0.5) is 14.6 Å². The van der Waals surface area contributed by atoms with Crippen LogP contribution in [-0.4, -0.2) is 94.9 Å². The van der Waals surface area contributed by atoms with Gasteiger partial charge in [0.15, 0.2) is 5.82 Å². The maximum atomic E-state index is 16.8. The summed E-state index contributed by atoms with van der Waals surface area (Å²) in [5, 5.41) is 12.7. The number of aromatic hydroxyl groups is 1. The van der Waals surface area contributed by atoms with Gasteiger partial charge < -0.3 is 24.2 Å². The van der Waals surface area contributed by atoms with Crippen molar-refractivity contribution in [1.29, 1.82) is 0 Å². The molecule has 4 fully saturated rings. The maximum absolute atomic E-state index is 16.8. The van der Waals surface area contributed by atoms with Crippen LogP contribution in [0.3, 0.4) is 0 Å². The second-order valence-corrected chi connectivity index (χ2v) is 12.6. The number of phenolic OH excluding ortho intramolecular Hbond substituents is 1. The minimum Gasteiger partial charge on any atom is -0.508 e.